The van der Waals surface area contributed by atoms with Gasteiger partial charge in [-0.05, 0) is 55.5 Å². The number of hydrogen-bond acceptors (Lipinski definition) is 4. The number of hydrogen-bond donors (Lipinski definition) is 2. The Hall–Kier alpha value is -3.32. The molecule has 2 N–H and O–H groups in total. The third-order valence-electron chi connectivity index (χ3n) is 6.73. The van der Waals surface area contributed by atoms with Crippen LogP contribution in [0.5, 0.6) is 5.75 Å². The van der Waals surface area contributed by atoms with E-state index in [0.717, 1.165) is 47.4 Å². The standard InChI is InChI=1S/C27H29ClN4O3/c28-19-11-12-20-22(16-19)30-25(29-20)13-14-27(34)32-15-5-8-21-23(32)9-3-1-6-18-7-2-4-10-24(18)35-17-26(33)31-21/h1-4,7,10-12,16,21,23H,5-6,8-9,13-15,17H2,(H,29,30)(H,31,33)/b3-1+/t21-,23-/m1/s1. The molecule has 2 aliphatic heterocycles. The van der Waals surface area contributed by atoms with Gasteiger partial charge in [0, 0.05) is 30.5 Å². The molecular formula is C27H29ClN4O3. The third kappa shape index (κ3) is 5.51. The summed E-state index contributed by atoms with van der Waals surface area (Å²) in [5.74, 6) is 1.42. The van der Waals surface area contributed by atoms with Crippen molar-refractivity contribution in [1.82, 2.24) is 20.2 Å². The number of ether oxygens (including phenoxy) is 1. The average molecular weight is 493 g/mol. The minimum Gasteiger partial charge on any atom is -0.483 e. The van der Waals surface area contributed by atoms with Crippen molar-refractivity contribution in [2.75, 3.05) is 13.2 Å². The molecule has 2 amide bonds. The summed E-state index contributed by atoms with van der Waals surface area (Å²) in [6.45, 7) is 0.659. The maximum Gasteiger partial charge on any atom is 0.258 e. The van der Waals surface area contributed by atoms with Crippen LogP contribution in [0.15, 0.2) is 54.6 Å². The molecule has 1 fully saturated rings. The average Bonchev–Trinajstić information content (AvgIpc) is 3.26. The van der Waals surface area contributed by atoms with Gasteiger partial charge in [0.15, 0.2) is 6.61 Å². The number of halogens is 1. The molecule has 0 spiro atoms. The van der Waals surface area contributed by atoms with Crippen LogP contribution in [0, 0.1) is 0 Å². The van der Waals surface area contributed by atoms with E-state index >= 15 is 0 Å². The second kappa shape index (κ2) is 10.5. The van der Waals surface area contributed by atoms with Crippen molar-refractivity contribution in [3.8, 4) is 5.75 Å². The van der Waals surface area contributed by atoms with Crippen LogP contribution in [0.1, 0.15) is 37.1 Å². The molecule has 1 aromatic heterocycles. The molecule has 0 bridgehead atoms. The van der Waals surface area contributed by atoms with E-state index in [1.165, 1.54) is 0 Å². The minimum atomic E-state index is -0.158. The number of H-pyrrole nitrogens is 1. The Labute approximate surface area is 209 Å². The van der Waals surface area contributed by atoms with Crippen LogP contribution in [0.2, 0.25) is 5.02 Å². The SMILES string of the molecule is O=C1COc2ccccc2C/C=C/C[C@@H]2[C@@H](CCCN2C(=O)CCc2nc3ccc(Cl)cc3[nH]2)N1. The summed E-state index contributed by atoms with van der Waals surface area (Å²) in [7, 11) is 0. The smallest absolute Gasteiger partial charge is 0.258 e. The zero-order chi connectivity index (χ0) is 24.2. The van der Waals surface area contributed by atoms with Crippen LogP contribution < -0.4 is 10.1 Å². The second-order valence-corrected chi connectivity index (χ2v) is 9.56. The fourth-order valence-electron chi connectivity index (χ4n) is 5.00. The Balaban J connectivity index is 1.29. The number of carbonyl (C=O) groups is 2. The van der Waals surface area contributed by atoms with Crippen molar-refractivity contribution in [2.24, 2.45) is 0 Å². The van der Waals surface area contributed by atoms with Crippen LogP contribution in [0.25, 0.3) is 11.0 Å². The van der Waals surface area contributed by atoms with E-state index in [-0.39, 0.29) is 30.5 Å². The van der Waals surface area contributed by atoms with Crippen molar-refractivity contribution < 1.29 is 14.3 Å². The lowest BCUT2D eigenvalue weighted by Crippen LogP contribution is -2.57. The quantitative estimate of drug-likeness (QED) is 0.536. The fourth-order valence-corrected chi connectivity index (χ4v) is 5.17. The van der Waals surface area contributed by atoms with Crippen LogP contribution in [-0.2, 0) is 22.4 Å². The number of benzene rings is 2. The fraction of sp³-hybridized carbons (Fsp3) is 0.370. The molecule has 2 aliphatic rings. The molecule has 5 rings (SSSR count). The van der Waals surface area contributed by atoms with Gasteiger partial charge in [0.05, 0.1) is 17.1 Å². The molecule has 7 nitrogen and oxygen atoms in total. The van der Waals surface area contributed by atoms with Gasteiger partial charge in [0.1, 0.15) is 11.6 Å². The lowest BCUT2D eigenvalue weighted by atomic mass is 9.92. The zero-order valence-corrected chi connectivity index (χ0v) is 20.3. The summed E-state index contributed by atoms with van der Waals surface area (Å²) in [5.41, 5.74) is 2.75. The van der Waals surface area contributed by atoms with Crippen molar-refractivity contribution in [1.29, 1.82) is 0 Å². The predicted octanol–water partition coefficient (Wildman–Crippen LogP) is 4.21. The number of nitrogens with one attached hydrogen (secondary N) is 2. The Morgan fingerprint density at radius 1 is 1.20 bits per heavy atom. The van der Waals surface area contributed by atoms with Gasteiger partial charge >= 0.3 is 0 Å². The predicted molar refractivity (Wildman–Crippen MR) is 135 cm³/mol. The number of fused-ring (bicyclic) bond motifs is 3. The number of aryl methyl sites for hydroxylation is 1. The Kier molecular flexibility index (Phi) is 7.04. The molecule has 3 aromatic rings. The molecule has 0 radical (unpaired) electrons. The first-order valence-corrected chi connectivity index (χ1v) is 12.5. The van der Waals surface area contributed by atoms with Gasteiger partial charge in [-0.15, -0.1) is 0 Å². The first-order valence-electron chi connectivity index (χ1n) is 12.2. The molecule has 35 heavy (non-hydrogen) atoms. The number of rotatable bonds is 3. The van der Waals surface area contributed by atoms with Crippen molar-refractivity contribution in [3.05, 3.63) is 71.0 Å². The van der Waals surface area contributed by atoms with Crippen molar-refractivity contribution in [2.45, 2.75) is 50.6 Å². The highest BCUT2D eigenvalue weighted by molar-refractivity contribution is 6.31. The number of piperidine rings is 1. The second-order valence-electron chi connectivity index (χ2n) is 9.12. The number of amides is 2. The molecule has 0 aliphatic carbocycles. The van der Waals surface area contributed by atoms with Gasteiger partial charge in [-0.2, -0.15) is 0 Å². The topological polar surface area (TPSA) is 87.3 Å². The molecule has 182 valence electrons. The van der Waals surface area contributed by atoms with E-state index < -0.39 is 0 Å². The van der Waals surface area contributed by atoms with Gasteiger partial charge in [-0.3, -0.25) is 9.59 Å². The van der Waals surface area contributed by atoms with Crippen LogP contribution in [-0.4, -0.2) is 51.9 Å². The highest BCUT2D eigenvalue weighted by atomic mass is 35.5. The summed E-state index contributed by atoms with van der Waals surface area (Å²) in [4.78, 5) is 35.8. The largest absolute Gasteiger partial charge is 0.483 e. The number of carbonyl (C=O) groups excluding carboxylic acids is 2. The minimum absolute atomic E-state index is 0.0338. The molecular weight excluding hydrogens is 464 g/mol. The van der Waals surface area contributed by atoms with Crippen molar-refractivity contribution in [3.63, 3.8) is 0 Å². The summed E-state index contributed by atoms with van der Waals surface area (Å²) in [6.07, 6.45) is 8.23. The normalized spacial score (nSPS) is 21.6. The number of allylic oxidation sites excluding steroid dienone is 1. The summed E-state index contributed by atoms with van der Waals surface area (Å²) in [6, 6.07) is 13.1. The lowest BCUT2D eigenvalue weighted by molar-refractivity contribution is -0.137. The Morgan fingerprint density at radius 2 is 2.09 bits per heavy atom. The number of likely N-dealkylation sites (tertiary alicyclic amines) is 1. The van der Waals surface area contributed by atoms with Gasteiger partial charge in [0.25, 0.3) is 5.91 Å². The number of para-hydroxylation sites is 1. The van der Waals surface area contributed by atoms with E-state index in [0.29, 0.717) is 30.8 Å². The monoisotopic (exact) mass is 492 g/mol. The highest BCUT2D eigenvalue weighted by Gasteiger charge is 2.34. The lowest BCUT2D eigenvalue weighted by Gasteiger charge is -2.41. The Bertz CT molecular complexity index is 1250. The molecule has 0 unspecified atom stereocenters. The van der Waals surface area contributed by atoms with E-state index in [9.17, 15) is 9.59 Å². The van der Waals surface area contributed by atoms with Crippen LogP contribution in [0.3, 0.4) is 0 Å². The summed E-state index contributed by atoms with van der Waals surface area (Å²) >= 11 is 6.07. The number of nitrogens with zero attached hydrogens (tertiary/aromatic N) is 2. The van der Waals surface area contributed by atoms with E-state index in [4.69, 9.17) is 16.3 Å². The first kappa shape index (κ1) is 23.4. The maximum atomic E-state index is 13.3. The number of aromatic amines is 1. The third-order valence-corrected chi connectivity index (χ3v) is 6.96. The summed E-state index contributed by atoms with van der Waals surface area (Å²) in [5, 5.41) is 3.77. The molecule has 0 saturated carbocycles. The van der Waals surface area contributed by atoms with Gasteiger partial charge in [0.2, 0.25) is 5.91 Å². The molecule has 2 atom stereocenters. The molecule has 8 heteroatoms. The maximum absolute atomic E-state index is 13.3. The number of aromatic nitrogens is 2. The van der Waals surface area contributed by atoms with Crippen LogP contribution >= 0.6 is 11.6 Å². The molecule has 3 heterocycles. The van der Waals surface area contributed by atoms with Crippen molar-refractivity contribution >= 4 is 34.4 Å². The summed E-state index contributed by atoms with van der Waals surface area (Å²) < 4.78 is 5.80. The van der Waals surface area contributed by atoms with E-state index in [2.05, 4.69) is 27.4 Å². The molecule has 2 aromatic carbocycles. The van der Waals surface area contributed by atoms with E-state index in [1.807, 2.05) is 47.4 Å². The van der Waals surface area contributed by atoms with Gasteiger partial charge in [-0.25, -0.2) is 4.98 Å². The number of imidazole rings is 1. The van der Waals surface area contributed by atoms with Gasteiger partial charge in [-0.1, -0.05) is 42.0 Å². The van der Waals surface area contributed by atoms with Crippen LogP contribution in [0.4, 0.5) is 0 Å². The first-order chi connectivity index (χ1) is 17.1. The zero-order valence-electron chi connectivity index (χ0n) is 19.5. The highest BCUT2D eigenvalue weighted by Crippen LogP contribution is 2.25. The Morgan fingerprint density at radius 3 is 3.00 bits per heavy atom. The molecule has 1 saturated heterocycles. The van der Waals surface area contributed by atoms with Gasteiger partial charge < -0.3 is 19.9 Å². The van der Waals surface area contributed by atoms with E-state index in [1.54, 1.807) is 0 Å².